The van der Waals surface area contributed by atoms with Gasteiger partial charge in [0.15, 0.2) is 0 Å². The van der Waals surface area contributed by atoms with Crippen molar-refractivity contribution in [1.82, 2.24) is 9.97 Å². The lowest BCUT2D eigenvalue weighted by Crippen LogP contribution is -2.04. The molecule has 2 rings (SSSR count). The second kappa shape index (κ2) is 6.89. The molecule has 0 aliphatic heterocycles. The summed E-state index contributed by atoms with van der Waals surface area (Å²) in [4.78, 5) is 8.49. The summed E-state index contributed by atoms with van der Waals surface area (Å²) in [5.41, 5.74) is 3.55. The van der Waals surface area contributed by atoms with Crippen molar-refractivity contribution in [1.29, 1.82) is 0 Å². The van der Waals surface area contributed by atoms with Crippen LogP contribution in [-0.2, 0) is 0 Å². The van der Waals surface area contributed by atoms with Gasteiger partial charge in [-0.1, -0.05) is 31.0 Å². The van der Waals surface area contributed by atoms with Crippen LogP contribution in [-0.4, -0.2) is 16.5 Å². The molecule has 0 spiro atoms. The molecule has 0 radical (unpaired) electrons. The van der Waals surface area contributed by atoms with Crippen molar-refractivity contribution in [2.75, 3.05) is 17.2 Å². The Balaban J connectivity index is 2.07. The highest BCUT2D eigenvalue weighted by atomic mass is 15.1. The Morgan fingerprint density at radius 1 is 1.05 bits per heavy atom. The predicted octanol–water partition coefficient (Wildman–Crippen LogP) is 4.05. The molecule has 1 heterocycles. The second-order valence-electron chi connectivity index (χ2n) is 5.01. The minimum Gasteiger partial charge on any atom is -0.370 e. The van der Waals surface area contributed by atoms with Gasteiger partial charge >= 0.3 is 0 Å². The lowest BCUT2D eigenvalue weighted by atomic mass is 10.1. The van der Waals surface area contributed by atoms with Crippen LogP contribution >= 0.6 is 0 Å². The number of hydrogen-bond donors (Lipinski definition) is 2. The van der Waals surface area contributed by atoms with E-state index in [1.165, 1.54) is 17.5 Å². The molecular weight excluding hydrogens is 248 g/mol. The van der Waals surface area contributed by atoms with Crippen molar-refractivity contribution < 1.29 is 0 Å². The van der Waals surface area contributed by atoms with Crippen molar-refractivity contribution in [3.63, 3.8) is 0 Å². The maximum atomic E-state index is 4.26. The minimum atomic E-state index is 0.811. The summed E-state index contributed by atoms with van der Waals surface area (Å²) in [6.07, 6.45) is 3.90. The van der Waals surface area contributed by atoms with Gasteiger partial charge in [0.2, 0.25) is 0 Å². The predicted molar refractivity (Wildman–Crippen MR) is 84.6 cm³/mol. The first-order valence-electron chi connectivity index (χ1n) is 7.09. The zero-order chi connectivity index (χ0) is 14.4. The molecule has 0 fully saturated rings. The van der Waals surface area contributed by atoms with Crippen LogP contribution in [0.4, 0.5) is 17.3 Å². The van der Waals surface area contributed by atoms with Crippen LogP contribution in [0, 0.1) is 13.8 Å². The molecule has 0 aliphatic rings. The van der Waals surface area contributed by atoms with Crippen LogP contribution in [0.2, 0.25) is 0 Å². The summed E-state index contributed by atoms with van der Waals surface area (Å²) in [7, 11) is 0. The maximum absolute atomic E-state index is 4.26. The van der Waals surface area contributed by atoms with Crippen molar-refractivity contribution in [2.45, 2.75) is 33.6 Å². The first kappa shape index (κ1) is 14.3. The molecule has 20 heavy (non-hydrogen) atoms. The lowest BCUT2D eigenvalue weighted by Gasteiger charge is -2.11. The van der Waals surface area contributed by atoms with Crippen molar-refractivity contribution in [2.24, 2.45) is 0 Å². The van der Waals surface area contributed by atoms with E-state index in [-0.39, 0.29) is 0 Å². The number of benzene rings is 1. The molecule has 106 valence electrons. The van der Waals surface area contributed by atoms with Crippen LogP contribution in [0.25, 0.3) is 0 Å². The van der Waals surface area contributed by atoms with Gasteiger partial charge in [-0.2, -0.15) is 0 Å². The van der Waals surface area contributed by atoms with E-state index in [4.69, 9.17) is 0 Å². The fraction of sp³-hybridized carbons (Fsp3) is 0.375. The molecule has 0 bridgehead atoms. The zero-order valence-corrected chi connectivity index (χ0v) is 12.4. The Bertz CT molecular complexity index is 566. The molecule has 1 aromatic carbocycles. The van der Waals surface area contributed by atoms with Crippen LogP contribution in [0.15, 0.2) is 30.6 Å². The Hall–Kier alpha value is -2.10. The summed E-state index contributed by atoms with van der Waals surface area (Å²) >= 11 is 0. The van der Waals surface area contributed by atoms with Gasteiger partial charge in [-0.05, 0) is 31.9 Å². The molecular formula is C16H22N4. The molecule has 4 heteroatoms. The highest BCUT2D eigenvalue weighted by Gasteiger charge is 2.02. The minimum absolute atomic E-state index is 0.811. The summed E-state index contributed by atoms with van der Waals surface area (Å²) in [6, 6.07) is 8.27. The summed E-state index contributed by atoms with van der Waals surface area (Å²) in [5, 5.41) is 6.64. The Kier molecular flexibility index (Phi) is 4.93. The highest BCUT2D eigenvalue weighted by molar-refractivity contribution is 5.62. The number of hydrogen-bond acceptors (Lipinski definition) is 4. The molecule has 0 amide bonds. The van der Waals surface area contributed by atoms with Gasteiger partial charge in [0, 0.05) is 18.3 Å². The van der Waals surface area contributed by atoms with Gasteiger partial charge in [-0.25, -0.2) is 9.97 Å². The van der Waals surface area contributed by atoms with Crippen molar-refractivity contribution >= 4 is 17.3 Å². The third kappa shape index (κ3) is 3.95. The molecule has 0 aliphatic carbocycles. The number of anilines is 3. The number of aryl methyl sites for hydroxylation is 2. The third-order valence-electron chi connectivity index (χ3n) is 3.15. The molecule has 0 saturated carbocycles. The third-order valence-corrected chi connectivity index (χ3v) is 3.15. The fourth-order valence-corrected chi connectivity index (χ4v) is 2.01. The molecule has 2 N–H and O–H groups in total. The molecule has 0 unspecified atom stereocenters. The van der Waals surface area contributed by atoms with Gasteiger partial charge in [0.1, 0.15) is 18.0 Å². The molecule has 0 saturated heterocycles. The van der Waals surface area contributed by atoms with E-state index in [9.17, 15) is 0 Å². The topological polar surface area (TPSA) is 49.8 Å². The SMILES string of the molecule is CCCCNc1cc(Nc2ccc(C)cc2C)ncn1. The number of nitrogens with zero attached hydrogens (tertiary/aromatic N) is 2. The first-order valence-corrected chi connectivity index (χ1v) is 7.09. The average molecular weight is 270 g/mol. The number of rotatable bonds is 6. The normalized spacial score (nSPS) is 10.3. The van der Waals surface area contributed by atoms with Gasteiger partial charge in [-0.3, -0.25) is 0 Å². The van der Waals surface area contributed by atoms with E-state index >= 15 is 0 Å². The lowest BCUT2D eigenvalue weighted by molar-refractivity contribution is 0.830. The van der Waals surface area contributed by atoms with Crippen molar-refractivity contribution in [3.05, 3.63) is 41.7 Å². The Morgan fingerprint density at radius 2 is 1.85 bits per heavy atom. The van der Waals surface area contributed by atoms with Gasteiger partial charge in [-0.15, -0.1) is 0 Å². The number of nitrogens with one attached hydrogen (secondary N) is 2. The van der Waals surface area contributed by atoms with Crippen LogP contribution in [0.5, 0.6) is 0 Å². The van der Waals surface area contributed by atoms with Crippen molar-refractivity contribution in [3.8, 4) is 0 Å². The van der Waals surface area contributed by atoms with E-state index in [1.807, 2.05) is 6.07 Å². The number of aromatic nitrogens is 2. The zero-order valence-electron chi connectivity index (χ0n) is 12.4. The smallest absolute Gasteiger partial charge is 0.135 e. The summed E-state index contributed by atoms with van der Waals surface area (Å²) in [5.74, 6) is 1.67. The summed E-state index contributed by atoms with van der Waals surface area (Å²) < 4.78 is 0. The van der Waals surface area contributed by atoms with Gasteiger partial charge in [0.05, 0.1) is 0 Å². The Morgan fingerprint density at radius 3 is 2.60 bits per heavy atom. The first-order chi connectivity index (χ1) is 9.69. The number of unbranched alkanes of at least 4 members (excludes halogenated alkanes) is 1. The quantitative estimate of drug-likeness (QED) is 0.777. The van der Waals surface area contributed by atoms with E-state index in [2.05, 4.69) is 59.6 Å². The van der Waals surface area contributed by atoms with Crippen LogP contribution in [0.1, 0.15) is 30.9 Å². The highest BCUT2D eigenvalue weighted by Crippen LogP contribution is 2.21. The molecule has 0 atom stereocenters. The monoisotopic (exact) mass is 270 g/mol. The van der Waals surface area contributed by atoms with Gasteiger partial charge < -0.3 is 10.6 Å². The molecule has 1 aromatic heterocycles. The fourth-order valence-electron chi connectivity index (χ4n) is 2.01. The maximum Gasteiger partial charge on any atom is 0.135 e. The van der Waals surface area contributed by atoms with E-state index in [0.29, 0.717) is 0 Å². The molecule has 4 nitrogen and oxygen atoms in total. The van der Waals surface area contributed by atoms with Crippen LogP contribution in [0.3, 0.4) is 0 Å². The van der Waals surface area contributed by atoms with E-state index in [1.54, 1.807) is 6.33 Å². The average Bonchev–Trinajstić information content (AvgIpc) is 2.43. The van der Waals surface area contributed by atoms with Gasteiger partial charge in [0.25, 0.3) is 0 Å². The van der Waals surface area contributed by atoms with E-state index < -0.39 is 0 Å². The molecule has 2 aromatic rings. The second-order valence-corrected chi connectivity index (χ2v) is 5.01. The van der Waals surface area contributed by atoms with Crippen LogP contribution < -0.4 is 10.6 Å². The largest absolute Gasteiger partial charge is 0.370 e. The Labute approximate surface area is 120 Å². The van der Waals surface area contributed by atoms with E-state index in [0.717, 1.165) is 30.3 Å². The standard InChI is InChI=1S/C16H22N4/c1-4-5-8-17-15-10-16(19-11-18-15)20-14-7-6-12(2)9-13(14)3/h6-7,9-11H,4-5,8H2,1-3H3,(H2,17,18,19,20). The summed E-state index contributed by atoms with van der Waals surface area (Å²) in [6.45, 7) is 7.31.